The number of nitrogens with one attached hydrogen (secondary N) is 2. The van der Waals surface area contributed by atoms with Crippen molar-refractivity contribution in [3.8, 4) is 5.75 Å². The summed E-state index contributed by atoms with van der Waals surface area (Å²) in [5.74, 6) is 0.374. The van der Waals surface area contributed by atoms with Gasteiger partial charge < -0.3 is 15.4 Å². The number of rotatable bonds is 3. The van der Waals surface area contributed by atoms with Crippen LogP contribution in [0.5, 0.6) is 5.75 Å². The molecule has 0 spiro atoms. The Morgan fingerprint density at radius 3 is 2.50 bits per heavy atom. The molecule has 116 valence electrons. The first-order chi connectivity index (χ1) is 10.3. The molecular weight excluding hydrogens is 296 g/mol. The van der Waals surface area contributed by atoms with Crippen LogP contribution in [-0.4, -0.2) is 23.2 Å². The van der Waals surface area contributed by atoms with Crippen LogP contribution in [0.2, 0.25) is 0 Å². The fourth-order valence-corrected chi connectivity index (χ4v) is 2.36. The summed E-state index contributed by atoms with van der Waals surface area (Å²) in [6.45, 7) is 5.83. The van der Waals surface area contributed by atoms with Crippen LogP contribution in [0.15, 0.2) is 42.5 Å². The lowest BCUT2D eigenvalue weighted by molar-refractivity contribution is -0.121. The Morgan fingerprint density at radius 1 is 1.14 bits per heavy atom. The zero-order chi connectivity index (χ0) is 16.2. The highest BCUT2D eigenvalue weighted by molar-refractivity contribution is 7.80. The van der Waals surface area contributed by atoms with Crippen molar-refractivity contribution in [1.82, 2.24) is 10.6 Å². The van der Waals surface area contributed by atoms with Gasteiger partial charge in [0, 0.05) is 5.54 Å². The first-order valence-electron chi connectivity index (χ1n) is 7.07. The maximum Gasteiger partial charge on any atom is 0.264 e. The van der Waals surface area contributed by atoms with Gasteiger partial charge in [-0.1, -0.05) is 30.3 Å². The molecule has 0 unspecified atom stereocenters. The Kier molecular flexibility index (Phi) is 4.98. The van der Waals surface area contributed by atoms with E-state index in [1.165, 1.54) is 0 Å². The van der Waals surface area contributed by atoms with E-state index in [0.29, 0.717) is 10.9 Å². The third-order valence-electron chi connectivity index (χ3n) is 2.83. The molecule has 22 heavy (non-hydrogen) atoms. The van der Waals surface area contributed by atoms with E-state index in [4.69, 9.17) is 17.0 Å². The van der Waals surface area contributed by atoms with E-state index in [-0.39, 0.29) is 18.1 Å². The van der Waals surface area contributed by atoms with Crippen molar-refractivity contribution in [1.29, 1.82) is 0 Å². The molecule has 2 N–H and O–H groups in total. The third kappa shape index (κ3) is 5.00. The fourth-order valence-electron chi connectivity index (χ4n) is 1.94. The minimum Gasteiger partial charge on any atom is -0.484 e. The summed E-state index contributed by atoms with van der Waals surface area (Å²) in [6.07, 6.45) is 0. The van der Waals surface area contributed by atoms with Crippen LogP contribution in [0.1, 0.15) is 20.8 Å². The third-order valence-corrected chi connectivity index (χ3v) is 3.04. The van der Waals surface area contributed by atoms with Crippen LogP contribution in [0.3, 0.4) is 0 Å². The summed E-state index contributed by atoms with van der Waals surface area (Å²) in [6, 6.07) is 13.7. The summed E-state index contributed by atoms with van der Waals surface area (Å²) >= 11 is 5.07. The van der Waals surface area contributed by atoms with Crippen molar-refractivity contribution >= 4 is 34.0 Å². The average molecular weight is 316 g/mol. The Hall–Kier alpha value is -2.14. The monoisotopic (exact) mass is 316 g/mol. The van der Waals surface area contributed by atoms with E-state index >= 15 is 0 Å². The van der Waals surface area contributed by atoms with Gasteiger partial charge in [-0.05, 0) is 55.9 Å². The largest absolute Gasteiger partial charge is 0.484 e. The van der Waals surface area contributed by atoms with Gasteiger partial charge in [0.1, 0.15) is 5.75 Å². The zero-order valence-electron chi connectivity index (χ0n) is 13.0. The van der Waals surface area contributed by atoms with Gasteiger partial charge in [0.05, 0.1) is 0 Å². The molecule has 0 saturated heterocycles. The Balaban J connectivity index is 1.88. The molecule has 0 radical (unpaired) electrons. The van der Waals surface area contributed by atoms with Crippen LogP contribution in [0.25, 0.3) is 10.8 Å². The quantitative estimate of drug-likeness (QED) is 0.855. The molecule has 2 rings (SSSR count). The number of fused-ring (bicyclic) bond motifs is 1. The van der Waals surface area contributed by atoms with E-state index in [9.17, 15) is 4.79 Å². The molecule has 0 heterocycles. The number of carbonyl (C=O) groups is 1. The van der Waals surface area contributed by atoms with Crippen LogP contribution in [0.4, 0.5) is 0 Å². The van der Waals surface area contributed by atoms with Crippen LogP contribution < -0.4 is 15.4 Å². The highest BCUT2D eigenvalue weighted by Gasteiger charge is 2.13. The first kappa shape index (κ1) is 16.2. The van der Waals surface area contributed by atoms with Gasteiger partial charge in [0.2, 0.25) is 0 Å². The maximum absolute atomic E-state index is 11.8. The second-order valence-corrected chi connectivity index (χ2v) is 6.46. The standard InChI is InChI=1S/C17H20N2O2S/c1-17(2,3)19-16(22)18-15(20)11-21-14-9-8-12-6-4-5-7-13(12)10-14/h4-10H,11H2,1-3H3,(H2,18,19,20,22). The van der Waals surface area contributed by atoms with E-state index < -0.39 is 0 Å². The number of thiocarbonyl (C=S) groups is 1. The highest BCUT2D eigenvalue weighted by Crippen LogP contribution is 2.20. The Bertz CT molecular complexity index is 692. The molecule has 0 aliphatic heterocycles. The molecule has 0 atom stereocenters. The minimum atomic E-state index is -0.282. The van der Waals surface area contributed by atoms with Crippen molar-refractivity contribution in [2.45, 2.75) is 26.3 Å². The number of carbonyl (C=O) groups excluding carboxylic acids is 1. The number of hydrogen-bond donors (Lipinski definition) is 2. The predicted molar refractivity (Wildman–Crippen MR) is 93.1 cm³/mol. The maximum atomic E-state index is 11.8. The molecule has 0 bridgehead atoms. The van der Waals surface area contributed by atoms with E-state index in [1.54, 1.807) is 0 Å². The Morgan fingerprint density at radius 2 is 1.82 bits per heavy atom. The normalized spacial score (nSPS) is 11.0. The van der Waals surface area contributed by atoms with Gasteiger partial charge in [-0.2, -0.15) is 0 Å². The molecule has 0 saturated carbocycles. The van der Waals surface area contributed by atoms with Gasteiger partial charge in [0.25, 0.3) is 5.91 Å². The molecular formula is C17H20N2O2S. The molecule has 0 aromatic heterocycles. The topological polar surface area (TPSA) is 50.4 Å². The summed E-state index contributed by atoms with van der Waals surface area (Å²) in [5.41, 5.74) is -0.191. The molecule has 0 fully saturated rings. The van der Waals surface area contributed by atoms with Crippen molar-refractivity contribution in [2.24, 2.45) is 0 Å². The number of amides is 1. The molecule has 4 nitrogen and oxygen atoms in total. The molecule has 1 amide bonds. The van der Waals surface area contributed by atoms with E-state index in [2.05, 4.69) is 10.6 Å². The van der Waals surface area contributed by atoms with Gasteiger partial charge in [-0.15, -0.1) is 0 Å². The van der Waals surface area contributed by atoms with E-state index in [0.717, 1.165) is 10.8 Å². The number of ether oxygens (including phenoxy) is 1. The number of hydrogen-bond acceptors (Lipinski definition) is 3. The molecule has 5 heteroatoms. The fraction of sp³-hybridized carbons (Fsp3) is 0.294. The van der Waals surface area contributed by atoms with Gasteiger partial charge in [-0.3, -0.25) is 4.79 Å². The molecule has 0 aliphatic rings. The summed E-state index contributed by atoms with van der Waals surface area (Å²) in [7, 11) is 0. The van der Waals surface area contributed by atoms with Crippen molar-refractivity contribution in [3.05, 3.63) is 42.5 Å². The van der Waals surface area contributed by atoms with Crippen LogP contribution >= 0.6 is 12.2 Å². The second kappa shape index (κ2) is 6.75. The second-order valence-electron chi connectivity index (χ2n) is 6.05. The zero-order valence-corrected chi connectivity index (χ0v) is 13.8. The van der Waals surface area contributed by atoms with E-state index in [1.807, 2.05) is 63.2 Å². The Labute approximate surface area is 135 Å². The smallest absolute Gasteiger partial charge is 0.264 e. The highest BCUT2D eigenvalue weighted by atomic mass is 32.1. The van der Waals surface area contributed by atoms with Crippen LogP contribution in [0, 0.1) is 0 Å². The van der Waals surface area contributed by atoms with Crippen molar-refractivity contribution in [3.63, 3.8) is 0 Å². The summed E-state index contributed by atoms with van der Waals surface area (Å²) in [5, 5.41) is 8.13. The molecule has 0 aliphatic carbocycles. The summed E-state index contributed by atoms with van der Waals surface area (Å²) < 4.78 is 5.51. The van der Waals surface area contributed by atoms with Gasteiger partial charge >= 0.3 is 0 Å². The van der Waals surface area contributed by atoms with Crippen molar-refractivity contribution < 1.29 is 9.53 Å². The van der Waals surface area contributed by atoms with Crippen LogP contribution in [-0.2, 0) is 4.79 Å². The lowest BCUT2D eigenvalue weighted by atomic mass is 10.1. The average Bonchev–Trinajstić information content (AvgIpc) is 2.42. The first-order valence-corrected chi connectivity index (χ1v) is 7.48. The van der Waals surface area contributed by atoms with Gasteiger partial charge in [0.15, 0.2) is 11.7 Å². The lowest BCUT2D eigenvalue weighted by Gasteiger charge is -2.22. The molecule has 2 aromatic rings. The minimum absolute atomic E-state index is 0.0791. The molecule has 2 aromatic carbocycles. The van der Waals surface area contributed by atoms with Gasteiger partial charge in [-0.25, -0.2) is 0 Å². The summed E-state index contributed by atoms with van der Waals surface area (Å²) in [4.78, 5) is 11.8. The SMILES string of the molecule is CC(C)(C)NC(=S)NC(=O)COc1ccc2ccccc2c1. The lowest BCUT2D eigenvalue weighted by Crippen LogP contribution is -2.49. The number of benzene rings is 2. The van der Waals surface area contributed by atoms with Crippen molar-refractivity contribution in [2.75, 3.05) is 6.61 Å². The predicted octanol–water partition coefficient (Wildman–Crippen LogP) is 3.01.